The van der Waals surface area contributed by atoms with Crippen LogP contribution in [0.2, 0.25) is 5.02 Å². The summed E-state index contributed by atoms with van der Waals surface area (Å²) in [6, 6.07) is 7.69. The standard InChI is InChI=1S/C19H10ClN3O3S/c20-11-3-4-13-12(8-11)16(24)14-15(10-2-1-5-21-9-10)23(18(25)17(14)26-13)19-22-6-7-27-19/h1-9,15H/t15-/m0/s1. The molecule has 27 heavy (non-hydrogen) atoms. The predicted octanol–water partition coefficient (Wildman–Crippen LogP) is 4.05. The van der Waals surface area contributed by atoms with Gasteiger partial charge in [0.2, 0.25) is 5.76 Å². The molecule has 0 fully saturated rings. The van der Waals surface area contributed by atoms with Gasteiger partial charge in [0.05, 0.1) is 17.0 Å². The molecule has 0 saturated carbocycles. The number of benzene rings is 1. The molecule has 132 valence electrons. The van der Waals surface area contributed by atoms with E-state index in [1.165, 1.54) is 16.2 Å². The second-order valence-corrected chi connectivity index (χ2v) is 7.30. The van der Waals surface area contributed by atoms with E-state index in [0.29, 0.717) is 26.7 Å². The summed E-state index contributed by atoms with van der Waals surface area (Å²) in [4.78, 5) is 36.3. The number of pyridine rings is 1. The number of hydrogen-bond acceptors (Lipinski definition) is 6. The monoisotopic (exact) mass is 395 g/mol. The van der Waals surface area contributed by atoms with Gasteiger partial charge < -0.3 is 4.42 Å². The lowest BCUT2D eigenvalue weighted by Crippen LogP contribution is -2.29. The first-order valence-corrected chi connectivity index (χ1v) is 9.30. The summed E-state index contributed by atoms with van der Waals surface area (Å²) in [7, 11) is 0. The molecule has 4 aromatic rings. The number of fused-ring (bicyclic) bond motifs is 2. The van der Waals surface area contributed by atoms with Crippen molar-refractivity contribution in [1.82, 2.24) is 9.97 Å². The largest absolute Gasteiger partial charge is 0.450 e. The molecule has 0 bridgehead atoms. The Morgan fingerprint density at radius 3 is 2.81 bits per heavy atom. The Balaban J connectivity index is 1.85. The number of thiazole rings is 1. The van der Waals surface area contributed by atoms with Gasteiger partial charge in [-0.15, -0.1) is 11.3 Å². The molecule has 1 aliphatic heterocycles. The maximum atomic E-state index is 13.3. The van der Waals surface area contributed by atoms with Gasteiger partial charge in [0.25, 0.3) is 5.91 Å². The summed E-state index contributed by atoms with van der Waals surface area (Å²) >= 11 is 7.37. The number of aromatic nitrogens is 2. The molecule has 6 nitrogen and oxygen atoms in total. The van der Waals surface area contributed by atoms with Crippen molar-refractivity contribution in [3.8, 4) is 0 Å². The summed E-state index contributed by atoms with van der Waals surface area (Å²) in [5.74, 6) is -0.373. The number of amides is 1. The molecular weight excluding hydrogens is 386 g/mol. The number of halogens is 1. The maximum absolute atomic E-state index is 13.3. The van der Waals surface area contributed by atoms with Crippen molar-refractivity contribution in [2.24, 2.45) is 0 Å². The molecule has 0 spiro atoms. The summed E-state index contributed by atoms with van der Waals surface area (Å²) < 4.78 is 5.84. The zero-order chi connectivity index (χ0) is 18.5. The summed E-state index contributed by atoms with van der Waals surface area (Å²) in [6.07, 6.45) is 4.88. The van der Waals surface area contributed by atoms with Crippen LogP contribution in [-0.4, -0.2) is 15.9 Å². The smallest absolute Gasteiger partial charge is 0.297 e. The first-order valence-electron chi connectivity index (χ1n) is 8.04. The first kappa shape index (κ1) is 16.2. The molecule has 0 radical (unpaired) electrons. The van der Waals surface area contributed by atoms with Crippen molar-refractivity contribution in [3.63, 3.8) is 0 Å². The van der Waals surface area contributed by atoms with E-state index in [0.717, 1.165) is 0 Å². The van der Waals surface area contributed by atoms with Crippen LogP contribution in [0.5, 0.6) is 0 Å². The summed E-state index contributed by atoms with van der Waals surface area (Å²) in [6.45, 7) is 0. The van der Waals surface area contributed by atoms with E-state index in [1.807, 2.05) is 6.07 Å². The highest BCUT2D eigenvalue weighted by molar-refractivity contribution is 7.13. The molecule has 1 amide bonds. The van der Waals surface area contributed by atoms with Gasteiger partial charge in [0.1, 0.15) is 5.58 Å². The fourth-order valence-corrected chi connectivity index (χ4v) is 4.17. The molecular formula is C19H10ClN3O3S. The number of nitrogens with zero attached hydrogens (tertiary/aromatic N) is 3. The van der Waals surface area contributed by atoms with Crippen LogP contribution < -0.4 is 10.3 Å². The number of carbonyl (C=O) groups excluding carboxylic acids is 1. The third-order valence-electron chi connectivity index (χ3n) is 4.46. The average Bonchev–Trinajstić information content (AvgIpc) is 3.30. The van der Waals surface area contributed by atoms with Crippen molar-refractivity contribution < 1.29 is 9.21 Å². The highest BCUT2D eigenvalue weighted by atomic mass is 35.5. The van der Waals surface area contributed by atoms with Crippen LogP contribution in [0, 0.1) is 0 Å². The SMILES string of the molecule is O=C1c2oc3ccc(Cl)cc3c(=O)c2[C@H](c2cccnc2)N1c1nccs1. The fourth-order valence-electron chi connectivity index (χ4n) is 3.33. The average molecular weight is 396 g/mol. The normalized spacial score (nSPS) is 16.1. The summed E-state index contributed by atoms with van der Waals surface area (Å²) in [5.41, 5.74) is 1.02. The quantitative estimate of drug-likeness (QED) is 0.511. The Kier molecular flexibility index (Phi) is 3.60. The Morgan fingerprint density at radius 2 is 2.07 bits per heavy atom. The van der Waals surface area contributed by atoms with Gasteiger partial charge in [-0.1, -0.05) is 17.7 Å². The van der Waals surface area contributed by atoms with Gasteiger partial charge in [-0.3, -0.25) is 19.5 Å². The number of carbonyl (C=O) groups is 1. The molecule has 1 aromatic carbocycles. The van der Waals surface area contributed by atoms with Gasteiger partial charge in [0, 0.05) is 29.0 Å². The fraction of sp³-hybridized carbons (Fsp3) is 0.0526. The second-order valence-electron chi connectivity index (χ2n) is 5.99. The van der Waals surface area contributed by atoms with E-state index < -0.39 is 11.9 Å². The third-order valence-corrected chi connectivity index (χ3v) is 5.46. The molecule has 0 unspecified atom stereocenters. The van der Waals surface area contributed by atoms with Crippen molar-refractivity contribution in [1.29, 1.82) is 0 Å². The maximum Gasteiger partial charge on any atom is 0.297 e. The van der Waals surface area contributed by atoms with Gasteiger partial charge in [-0.05, 0) is 29.8 Å². The Hall–Kier alpha value is -3.03. The van der Waals surface area contributed by atoms with Gasteiger partial charge in [-0.2, -0.15) is 0 Å². The molecule has 0 saturated heterocycles. The topological polar surface area (TPSA) is 76.3 Å². The second kappa shape index (κ2) is 6.00. The van der Waals surface area contributed by atoms with Crippen LogP contribution in [0.25, 0.3) is 11.0 Å². The molecule has 1 aliphatic rings. The number of hydrogen-bond donors (Lipinski definition) is 0. The Labute approximate surface area is 161 Å². The van der Waals surface area contributed by atoms with Crippen LogP contribution in [0.15, 0.2) is 63.5 Å². The van der Waals surface area contributed by atoms with Crippen LogP contribution in [0.1, 0.15) is 27.7 Å². The minimum absolute atomic E-state index is 0.0267. The molecule has 8 heteroatoms. The lowest BCUT2D eigenvalue weighted by Gasteiger charge is -2.22. The third kappa shape index (κ3) is 2.39. The van der Waals surface area contributed by atoms with E-state index in [9.17, 15) is 9.59 Å². The van der Waals surface area contributed by atoms with E-state index in [-0.39, 0.29) is 16.8 Å². The Bertz CT molecular complexity index is 1240. The number of anilines is 1. The highest BCUT2D eigenvalue weighted by Gasteiger charge is 2.44. The van der Waals surface area contributed by atoms with Crippen LogP contribution >= 0.6 is 22.9 Å². The minimum Gasteiger partial charge on any atom is -0.450 e. The Morgan fingerprint density at radius 1 is 1.19 bits per heavy atom. The molecule has 5 rings (SSSR count). The molecule has 4 heterocycles. The van der Waals surface area contributed by atoms with Crippen LogP contribution in [0.4, 0.5) is 5.13 Å². The van der Waals surface area contributed by atoms with Crippen LogP contribution in [-0.2, 0) is 0 Å². The molecule has 0 aliphatic carbocycles. The van der Waals surface area contributed by atoms with Crippen LogP contribution in [0.3, 0.4) is 0 Å². The van der Waals surface area contributed by atoms with E-state index in [1.54, 1.807) is 48.2 Å². The lowest BCUT2D eigenvalue weighted by molar-refractivity contribution is 0.0971. The molecule has 0 N–H and O–H groups in total. The summed E-state index contributed by atoms with van der Waals surface area (Å²) in [5, 5.41) is 3.02. The zero-order valence-corrected chi connectivity index (χ0v) is 15.2. The van der Waals surface area contributed by atoms with Gasteiger partial charge in [0.15, 0.2) is 10.6 Å². The van der Waals surface area contributed by atoms with Crippen molar-refractivity contribution in [3.05, 3.63) is 86.4 Å². The van der Waals surface area contributed by atoms with Gasteiger partial charge >= 0.3 is 0 Å². The zero-order valence-electron chi connectivity index (χ0n) is 13.6. The number of rotatable bonds is 2. The molecule has 3 aromatic heterocycles. The van der Waals surface area contributed by atoms with Crippen molar-refractivity contribution in [2.75, 3.05) is 4.90 Å². The van der Waals surface area contributed by atoms with Crippen molar-refractivity contribution >= 4 is 44.9 Å². The minimum atomic E-state index is -0.660. The highest BCUT2D eigenvalue weighted by Crippen LogP contribution is 2.41. The van der Waals surface area contributed by atoms with Crippen molar-refractivity contribution in [2.45, 2.75) is 6.04 Å². The van der Waals surface area contributed by atoms with E-state index >= 15 is 0 Å². The first-order chi connectivity index (χ1) is 13.1. The predicted molar refractivity (Wildman–Crippen MR) is 102 cm³/mol. The van der Waals surface area contributed by atoms with E-state index in [2.05, 4.69) is 9.97 Å². The molecule has 1 atom stereocenters. The lowest BCUT2D eigenvalue weighted by atomic mass is 10.0. The van der Waals surface area contributed by atoms with E-state index in [4.69, 9.17) is 16.0 Å². The van der Waals surface area contributed by atoms with Gasteiger partial charge in [-0.25, -0.2) is 4.98 Å².